The quantitative estimate of drug-likeness (QED) is 0.845. The monoisotopic (exact) mass is 272 g/mol. The van der Waals surface area contributed by atoms with Gasteiger partial charge in [0.2, 0.25) is 5.91 Å². The average molecular weight is 272 g/mol. The van der Waals surface area contributed by atoms with Crippen LogP contribution in [0.4, 0.5) is 0 Å². The van der Waals surface area contributed by atoms with Gasteiger partial charge in [-0.25, -0.2) is 0 Å². The van der Waals surface area contributed by atoms with E-state index in [4.69, 9.17) is 4.74 Å². The maximum atomic E-state index is 12.2. The highest BCUT2D eigenvalue weighted by molar-refractivity contribution is 5.92. The number of likely N-dealkylation sites (tertiary alicyclic amines) is 1. The molecule has 0 aromatic heterocycles. The number of methoxy groups -OCH3 is 1. The lowest BCUT2D eigenvalue weighted by molar-refractivity contribution is -0.125. The van der Waals surface area contributed by atoms with E-state index in [1.54, 1.807) is 13.2 Å². The van der Waals surface area contributed by atoms with E-state index in [0.717, 1.165) is 37.5 Å². The third-order valence-corrected chi connectivity index (χ3v) is 4.24. The van der Waals surface area contributed by atoms with Crippen LogP contribution in [0.2, 0.25) is 0 Å². The Morgan fingerprint density at radius 2 is 1.90 bits per heavy atom. The molecule has 4 heteroatoms. The van der Waals surface area contributed by atoms with Gasteiger partial charge in [-0.1, -0.05) is 12.1 Å². The van der Waals surface area contributed by atoms with Crippen molar-refractivity contribution in [3.8, 4) is 5.75 Å². The average Bonchev–Trinajstić information content (AvgIpc) is 3.06. The highest BCUT2D eigenvalue weighted by Gasteiger charge is 2.37. The van der Waals surface area contributed by atoms with E-state index in [1.807, 2.05) is 35.2 Å². The maximum Gasteiger partial charge on any atom is 0.246 e. The molecule has 2 aliphatic heterocycles. The lowest BCUT2D eigenvalue weighted by atomic mass is 10.0. The predicted octanol–water partition coefficient (Wildman–Crippen LogP) is 1.39. The number of amides is 1. The third-order valence-electron chi connectivity index (χ3n) is 4.24. The van der Waals surface area contributed by atoms with Crippen molar-refractivity contribution >= 4 is 12.0 Å². The second-order valence-electron chi connectivity index (χ2n) is 5.53. The predicted molar refractivity (Wildman–Crippen MR) is 78.5 cm³/mol. The van der Waals surface area contributed by atoms with Crippen LogP contribution in [0.1, 0.15) is 5.56 Å². The van der Waals surface area contributed by atoms with Gasteiger partial charge in [0.15, 0.2) is 0 Å². The number of hydrogen-bond acceptors (Lipinski definition) is 3. The molecule has 2 aliphatic rings. The van der Waals surface area contributed by atoms with E-state index in [1.165, 1.54) is 0 Å². The second-order valence-corrected chi connectivity index (χ2v) is 5.53. The van der Waals surface area contributed by atoms with Gasteiger partial charge in [0, 0.05) is 32.3 Å². The highest BCUT2D eigenvalue weighted by atomic mass is 16.5. The van der Waals surface area contributed by atoms with Crippen molar-refractivity contribution in [2.75, 3.05) is 33.3 Å². The molecule has 1 aromatic rings. The van der Waals surface area contributed by atoms with Crippen molar-refractivity contribution < 1.29 is 9.53 Å². The zero-order chi connectivity index (χ0) is 13.9. The molecule has 4 nitrogen and oxygen atoms in total. The van der Waals surface area contributed by atoms with E-state index < -0.39 is 0 Å². The summed E-state index contributed by atoms with van der Waals surface area (Å²) in [7, 11) is 1.65. The Kier molecular flexibility index (Phi) is 3.74. The number of nitrogens with one attached hydrogen (secondary N) is 1. The zero-order valence-electron chi connectivity index (χ0n) is 11.7. The van der Waals surface area contributed by atoms with E-state index in [0.29, 0.717) is 11.8 Å². The fraction of sp³-hybridized carbons (Fsp3) is 0.438. The Bertz CT molecular complexity index is 498. The van der Waals surface area contributed by atoms with E-state index >= 15 is 0 Å². The summed E-state index contributed by atoms with van der Waals surface area (Å²) in [5.74, 6) is 2.24. The van der Waals surface area contributed by atoms with Crippen LogP contribution < -0.4 is 10.1 Å². The number of fused-ring (bicyclic) bond motifs is 1. The molecule has 2 fully saturated rings. The van der Waals surface area contributed by atoms with E-state index in [2.05, 4.69) is 5.32 Å². The fourth-order valence-corrected chi connectivity index (χ4v) is 3.02. The molecule has 0 spiro atoms. The summed E-state index contributed by atoms with van der Waals surface area (Å²) in [5, 5.41) is 3.38. The SMILES string of the molecule is COc1ccc(/C=C/C(=O)N2C[C@H]3CNC[C@H]3C2)cc1. The minimum atomic E-state index is 0.121. The number of ether oxygens (including phenoxy) is 1. The molecule has 106 valence electrons. The van der Waals surface area contributed by atoms with Crippen LogP contribution in [-0.4, -0.2) is 44.1 Å². The molecule has 2 heterocycles. The molecule has 0 unspecified atom stereocenters. The van der Waals surface area contributed by atoms with Gasteiger partial charge in [0.05, 0.1) is 7.11 Å². The molecule has 0 aliphatic carbocycles. The Morgan fingerprint density at radius 1 is 1.25 bits per heavy atom. The third kappa shape index (κ3) is 2.70. The number of hydrogen-bond donors (Lipinski definition) is 1. The minimum absolute atomic E-state index is 0.121. The summed E-state index contributed by atoms with van der Waals surface area (Å²) in [6.07, 6.45) is 3.55. The molecule has 0 saturated carbocycles. The topological polar surface area (TPSA) is 41.6 Å². The standard InChI is InChI=1S/C16H20N2O2/c1-20-15-5-2-12(3-6-15)4-7-16(19)18-10-13-8-17-9-14(13)11-18/h2-7,13-14,17H,8-11H2,1H3/b7-4+/t13-,14+. The smallest absolute Gasteiger partial charge is 0.246 e. The van der Waals surface area contributed by atoms with Gasteiger partial charge in [-0.3, -0.25) is 4.79 Å². The first-order valence-corrected chi connectivity index (χ1v) is 7.08. The number of carbonyl (C=O) groups excluding carboxylic acids is 1. The van der Waals surface area contributed by atoms with Gasteiger partial charge in [-0.15, -0.1) is 0 Å². The lowest BCUT2D eigenvalue weighted by Gasteiger charge is -2.14. The van der Waals surface area contributed by atoms with Crippen LogP contribution in [0.5, 0.6) is 5.75 Å². The van der Waals surface area contributed by atoms with Crippen LogP contribution in [0.3, 0.4) is 0 Å². The Balaban J connectivity index is 1.59. The van der Waals surface area contributed by atoms with Crippen molar-refractivity contribution in [1.29, 1.82) is 0 Å². The zero-order valence-corrected chi connectivity index (χ0v) is 11.7. The largest absolute Gasteiger partial charge is 0.497 e. The molecular formula is C16H20N2O2. The van der Waals surface area contributed by atoms with Gasteiger partial charge >= 0.3 is 0 Å². The molecule has 3 rings (SSSR count). The Morgan fingerprint density at radius 3 is 2.50 bits per heavy atom. The van der Waals surface area contributed by atoms with Crippen molar-refractivity contribution in [1.82, 2.24) is 10.2 Å². The Hall–Kier alpha value is -1.81. The van der Waals surface area contributed by atoms with Gasteiger partial charge in [-0.05, 0) is 35.6 Å². The first-order chi connectivity index (χ1) is 9.76. The minimum Gasteiger partial charge on any atom is -0.497 e. The number of rotatable bonds is 3. The van der Waals surface area contributed by atoms with Crippen molar-refractivity contribution in [3.63, 3.8) is 0 Å². The van der Waals surface area contributed by atoms with Crippen LogP contribution in [-0.2, 0) is 4.79 Å². The summed E-state index contributed by atoms with van der Waals surface area (Å²) in [5.41, 5.74) is 1.01. The van der Waals surface area contributed by atoms with Gasteiger partial charge in [0.1, 0.15) is 5.75 Å². The van der Waals surface area contributed by atoms with Crippen molar-refractivity contribution in [3.05, 3.63) is 35.9 Å². The summed E-state index contributed by atoms with van der Waals surface area (Å²) in [6, 6.07) is 7.70. The van der Waals surface area contributed by atoms with Crippen LogP contribution in [0.15, 0.2) is 30.3 Å². The number of nitrogens with zero attached hydrogens (tertiary/aromatic N) is 1. The van der Waals surface area contributed by atoms with Gasteiger partial charge in [0.25, 0.3) is 0 Å². The molecule has 2 saturated heterocycles. The van der Waals surface area contributed by atoms with Crippen LogP contribution >= 0.6 is 0 Å². The summed E-state index contributed by atoms with van der Waals surface area (Å²) in [4.78, 5) is 14.1. The number of carbonyl (C=O) groups is 1. The van der Waals surface area contributed by atoms with E-state index in [9.17, 15) is 4.79 Å². The van der Waals surface area contributed by atoms with Crippen LogP contribution in [0, 0.1) is 11.8 Å². The second kappa shape index (κ2) is 5.67. The van der Waals surface area contributed by atoms with Crippen molar-refractivity contribution in [2.24, 2.45) is 11.8 Å². The summed E-state index contributed by atoms with van der Waals surface area (Å²) < 4.78 is 5.11. The molecule has 0 bridgehead atoms. The molecule has 1 aromatic carbocycles. The maximum absolute atomic E-state index is 12.2. The molecular weight excluding hydrogens is 252 g/mol. The van der Waals surface area contributed by atoms with Gasteiger partial charge < -0.3 is 15.0 Å². The molecule has 0 radical (unpaired) electrons. The first kappa shape index (κ1) is 13.2. The number of benzene rings is 1. The van der Waals surface area contributed by atoms with Gasteiger partial charge in [-0.2, -0.15) is 0 Å². The summed E-state index contributed by atoms with van der Waals surface area (Å²) >= 11 is 0. The molecule has 2 atom stereocenters. The Labute approximate surface area is 119 Å². The first-order valence-electron chi connectivity index (χ1n) is 7.08. The fourth-order valence-electron chi connectivity index (χ4n) is 3.02. The normalized spacial score (nSPS) is 25.1. The summed E-state index contributed by atoms with van der Waals surface area (Å²) in [6.45, 7) is 3.89. The molecule has 1 N–H and O–H groups in total. The lowest BCUT2D eigenvalue weighted by Crippen LogP contribution is -2.30. The van der Waals surface area contributed by atoms with Crippen LogP contribution in [0.25, 0.3) is 6.08 Å². The molecule has 1 amide bonds. The van der Waals surface area contributed by atoms with Crippen molar-refractivity contribution in [2.45, 2.75) is 0 Å². The van der Waals surface area contributed by atoms with E-state index in [-0.39, 0.29) is 5.91 Å². The highest BCUT2D eigenvalue weighted by Crippen LogP contribution is 2.26. The molecule has 20 heavy (non-hydrogen) atoms.